The fourth-order valence-corrected chi connectivity index (χ4v) is 3.17. The largest absolute Gasteiger partial charge is 0.491 e. The average molecular weight is 404 g/mol. The second-order valence-electron chi connectivity index (χ2n) is 6.69. The van der Waals surface area contributed by atoms with Gasteiger partial charge in [-0.3, -0.25) is 4.57 Å². The first kappa shape index (κ1) is 19.5. The number of benzene rings is 1. The molecule has 4 atom stereocenters. The zero-order chi connectivity index (χ0) is 20.4. The van der Waals surface area contributed by atoms with Crippen molar-refractivity contribution in [2.45, 2.75) is 38.1 Å². The van der Waals surface area contributed by atoms with Gasteiger partial charge in [-0.25, -0.2) is 14.4 Å². The summed E-state index contributed by atoms with van der Waals surface area (Å²) in [7, 11) is 0. The lowest BCUT2D eigenvalue weighted by molar-refractivity contribution is -0.0299. The number of ether oxygens (including phenoxy) is 3. The van der Waals surface area contributed by atoms with Gasteiger partial charge < -0.3 is 24.4 Å². The third kappa shape index (κ3) is 3.86. The molecule has 29 heavy (non-hydrogen) atoms. The topological polar surface area (TPSA) is 112 Å². The average Bonchev–Trinajstić information content (AvgIpc) is 3.28. The van der Waals surface area contributed by atoms with E-state index in [0.717, 1.165) is 5.56 Å². The van der Waals surface area contributed by atoms with E-state index in [4.69, 9.17) is 14.2 Å². The quantitative estimate of drug-likeness (QED) is 0.608. The molecule has 10 heteroatoms. The highest BCUT2D eigenvalue weighted by atomic mass is 19.1. The van der Waals surface area contributed by atoms with Gasteiger partial charge in [0.05, 0.1) is 12.4 Å². The maximum absolute atomic E-state index is 12.2. The molecular weight excluding hydrogens is 383 g/mol. The second kappa shape index (κ2) is 8.27. The Labute approximate surface area is 165 Å². The van der Waals surface area contributed by atoms with E-state index in [0.29, 0.717) is 16.9 Å². The van der Waals surface area contributed by atoms with Crippen molar-refractivity contribution in [1.82, 2.24) is 19.5 Å². The van der Waals surface area contributed by atoms with Crippen molar-refractivity contribution in [3.05, 3.63) is 42.5 Å². The fourth-order valence-electron chi connectivity index (χ4n) is 3.17. The SMILES string of the molecule is C[C@H]1O[C@@H](n2cnc3c(OCc4ccc(OCCF)cc4)ncnc32)[C@H](O)[C@@H]1O. The molecule has 0 spiro atoms. The molecule has 0 amide bonds. The smallest absolute Gasteiger partial charge is 0.245 e. The van der Waals surface area contributed by atoms with Gasteiger partial charge in [0.15, 0.2) is 17.4 Å². The summed E-state index contributed by atoms with van der Waals surface area (Å²) >= 11 is 0. The standard InChI is InChI=1S/C19H21FN4O5/c1-11-15(25)16(26)19(29-11)24-10-23-14-17(24)21-9-22-18(14)28-8-12-2-4-13(5-3-12)27-7-6-20/h2-5,9-11,15-16,19,25-26H,6-8H2,1H3/t11-,15-,16-,19-/m1/s1. The summed E-state index contributed by atoms with van der Waals surface area (Å²) in [5.74, 6) is 0.869. The molecule has 3 heterocycles. The third-order valence-electron chi connectivity index (χ3n) is 4.72. The first-order valence-electron chi connectivity index (χ1n) is 9.18. The fraction of sp³-hybridized carbons (Fsp3) is 0.421. The molecule has 3 aromatic rings. The Morgan fingerprint density at radius 3 is 2.59 bits per heavy atom. The number of nitrogens with zero attached hydrogens (tertiary/aromatic N) is 4. The van der Waals surface area contributed by atoms with E-state index in [9.17, 15) is 14.6 Å². The summed E-state index contributed by atoms with van der Waals surface area (Å²) in [6.45, 7) is 1.40. The Morgan fingerprint density at radius 1 is 1.10 bits per heavy atom. The van der Waals surface area contributed by atoms with Gasteiger partial charge in [0, 0.05) is 0 Å². The number of hydrogen-bond acceptors (Lipinski definition) is 8. The van der Waals surface area contributed by atoms with E-state index in [1.165, 1.54) is 12.7 Å². The van der Waals surface area contributed by atoms with Crippen LogP contribution in [-0.4, -0.2) is 61.3 Å². The van der Waals surface area contributed by atoms with E-state index in [1.807, 2.05) is 12.1 Å². The van der Waals surface area contributed by atoms with Crippen LogP contribution in [0.5, 0.6) is 11.6 Å². The van der Waals surface area contributed by atoms with Crippen LogP contribution in [0.1, 0.15) is 18.7 Å². The molecule has 1 saturated heterocycles. The minimum Gasteiger partial charge on any atom is -0.491 e. The van der Waals surface area contributed by atoms with Crippen molar-refractivity contribution < 1.29 is 28.8 Å². The van der Waals surface area contributed by atoms with Gasteiger partial charge >= 0.3 is 0 Å². The number of halogens is 1. The number of aliphatic hydroxyl groups is 2. The Morgan fingerprint density at radius 2 is 1.90 bits per heavy atom. The summed E-state index contributed by atoms with van der Waals surface area (Å²) in [5, 5.41) is 20.2. The zero-order valence-electron chi connectivity index (χ0n) is 15.7. The van der Waals surface area contributed by atoms with Crippen molar-refractivity contribution in [3.8, 4) is 11.6 Å². The second-order valence-corrected chi connectivity index (χ2v) is 6.69. The summed E-state index contributed by atoms with van der Waals surface area (Å²) in [6, 6.07) is 7.11. The van der Waals surface area contributed by atoms with Crippen LogP contribution >= 0.6 is 0 Å². The van der Waals surface area contributed by atoms with Crippen molar-refractivity contribution in [2.75, 3.05) is 13.3 Å². The molecule has 9 nitrogen and oxygen atoms in total. The highest BCUT2D eigenvalue weighted by molar-refractivity contribution is 5.76. The van der Waals surface area contributed by atoms with Gasteiger partial charge in [0.2, 0.25) is 5.88 Å². The number of hydrogen-bond donors (Lipinski definition) is 2. The van der Waals surface area contributed by atoms with Crippen LogP contribution < -0.4 is 9.47 Å². The molecule has 0 radical (unpaired) electrons. The minimum atomic E-state index is -1.10. The number of aliphatic hydroxyl groups excluding tert-OH is 2. The highest BCUT2D eigenvalue weighted by Gasteiger charge is 2.42. The van der Waals surface area contributed by atoms with E-state index < -0.39 is 31.2 Å². The lowest BCUT2D eigenvalue weighted by atomic mass is 10.1. The van der Waals surface area contributed by atoms with Crippen LogP contribution in [0.2, 0.25) is 0 Å². The van der Waals surface area contributed by atoms with Gasteiger partial charge in [0.1, 0.15) is 44.2 Å². The van der Waals surface area contributed by atoms with Crippen molar-refractivity contribution in [1.29, 1.82) is 0 Å². The lowest BCUT2D eigenvalue weighted by Gasteiger charge is -2.16. The van der Waals surface area contributed by atoms with Crippen LogP contribution in [0.4, 0.5) is 4.39 Å². The predicted molar refractivity (Wildman–Crippen MR) is 99.2 cm³/mol. The number of alkyl halides is 1. The Bertz CT molecular complexity index is 967. The van der Waals surface area contributed by atoms with E-state index in [2.05, 4.69) is 15.0 Å². The van der Waals surface area contributed by atoms with Gasteiger partial charge in [0.25, 0.3) is 0 Å². The molecule has 1 aromatic carbocycles. The first-order chi connectivity index (χ1) is 14.1. The van der Waals surface area contributed by atoms with Crippen molar-refractivity contribution >= 4 is 11.2 Å². The molecule has 1 fully saturated rings. The van der Waals surface area contributed by atoms with Gasteiger partial charge in [-0.05, 0) is 24.6 Å². The molecule has 1 aliphatic heterocycles. The van der Waals surface area contributed by atoms with E-state index >= 15 is 0 Å². The van der Waals surface area contributed by atoms with Crippen LogP contribution in [0.15, 0.2) is 36.9 Å². The number of fused-ring (bicyclic) bond motifs is 1. The molecule has 154 valence electrons. The Balaban J connectivity index is 1.50. The molecule has 4 rings (SSSR count). The monoisotopic (exact) mass is 404 g/mol. The number of rotatable bonds is 7. The number of imidazole rings is 1. The molecule has 0 saturated carbocycles. The molecule has 0 bridgehead atoms. The molecule has 0 aliphatic carbocycles. The van der Waals surface area contributed by atoms with E-state index in [1.54, 1.807) is 23.6 Å². The van der Waals surface area contributed by atoms with E-state index in [-0.39, 0.29) is 19.1 Å². The van der Waals surface area contributed by atoms with Gasteiger partial charge in [-0.15, -0.1) is 0 Å². The number of aromatic nitrogens is 4. The lowest BCUT2D eigenvalue weighted by Crippen LogP contribution is -2.30. The summed E-state index contributed by atoms with van der Waals surface area (Å²) in [6.07, 6.45) is -0.592. The Kier molecular flexibility index (Phi) is 5.56. The Hall–Kier alpha value is -2.82. The molecule has 0 unspecified atom stereocenters. The summed E-state index contributed by atoms with van der Waals surface area (Å²) in [5.41, 5.74) is 1.71. The van der Waals surface area contributed by atoms with Crippen molar-refractivity contribution in [3.63, 3.8) is 0 Å². The van der Waals surface area contributed by atoms with Crippen molar-refractivity contribution in [2.24, 2.45) is 0 Å². The molecule has 2 aromatic heterocycles. The van der Waals surface area contributed by atoms with Gasteiger partial charge in [-0.1, -0.05) is 12.1 Å². The van der Waals surface area contributed by atoms with Crippen LogP contribution in [-0.2, 0) is 11.3 Å². The minimum absolute atomic E-state index is 0.0205. The van der Waals surface area contributed by atoms with Crippen LogP contribution in [0.25, 0.3) is 11.2 Å². The summed E-state index contributed by atoms with van der Waals surface area (Å²) < 4.78 is 30.3. The molecule has 1 aliphatic rings. The van der Waals surface area contributed by atoms with Crippen LogP contribution in [0.3, 0.4) is 0 Å². The molecule has 2 N–H and O–H groups in total. The predicted octanol–water partition coefficient (Wildman–Crippen LogP) is 1.39. The normalized spacial score (nSPS) is 24.1. The highest BCUT2D eigenvalue weighted by Crippen LogP contribution is 2.32. The van der Waals surface area contributed by atoms with Crippen LogP contribution in [0, 0.1) is 0 Å². The summed E-state index contributed by atoms with van der Waals surface area (Å²) in [4.78, 5) is 12.6. The van der Waals surface area contributed by atoms with Gasteiger partial charge in [-0.2, -0.15) is 4.98 Å². The maximum Gasteiger partial charge on any atom is 0.245 e. The third-order valence-corrected chi connectivity index (χ3v) is 4.72. The maximum atomic E-state index is 12.2. The first-order valence-corrected chi connectivity index (χ1v) is 9.18. The molecular formula is C19H21FN4O5. The zero-order valence-corrected chi connectivity index (χ0v) is 15.7.